The highest BCUT2D eigenvalue weighted by molar-refractivity contribution is 8.04. The van der Waals surface area contributed by atoms with Gasteiger partial charge < -0.3 is 15.4 Å². The number of para-hydroxylation sites is 2. The number of thioether (sulfide) groups is 1. The van der Waals surface area contributed by atoms with Crippen molar-refractivity contribution in [2.45, 2.75) is 20.4 Å². The van der Waals surface area contributed by atoms with Crippen molar-refractivity contribution < 1.29 is 9.53 Å². The number of nitrogens with zero attached hydrogens (tertiary/aromatic N) is 2. The lowest BCUT2D eigenvalue weighted by molar-refractivity contribution is -0.118. The number of hydrogen-bond acceptors (Lipinski definition) is 7. The first-order chi connectivity index (χ1) is 17.5. The van der Waals surface area contributed by atoms with E-state index in [0.717, 1.165) is 32.8 Å². The molecule has 6 nitrogen and oxygen atoms in total. The topological polar surface area (TPSA) is 87.0 Å². The number of ether oxygens (including phenoxy) is 1. The van der Waals surface area contributed by atoms with Gasteiger partial charge >= 0.3 is 0 Å². The van der Waals surface area contributed by atoms with Crippen molar-refractivity contribution in [1.82, 2.24) is 10.3 Å². The number of allylic oxidation sites excluding steroid dienone is 1. The number of anilines is 1. The van der Waals surface area contributed by atoms with Crippen LogP contribution in [-0.4, -0.2) is 23.8 Å². The Hall–Kier alpha value is -3.80. The Morgan fingerprint density at radius 1 is 1.08 bits per heavy atom. The van der Waals surface area contributed by atoms with Crippen molar-refractivity contribution in [3.8, 4) is 11.8 Å². The first-order valence-electron chi connectivity index (χ1n) is 11.3. The van der Waals surface area contributed by atoms with Crippen LogP contribution in [0.4, 0.5) is 5.69 Å². The fraction of sp³-hybridized carbons (Fsp3) is 0.179. The maximum atomic E-state index is 12.7. The number of fused-ring (bicyclic) bond motifs is 1. The van der Waals surface area contributed by atoms with Crippen LogP contribution in [0.15, 0.2) is 71.8 Å². The molecule has 0 aliphatic rings. The van der Waals surface area contributed by atoms with Gasteiger partial charge in [0.05, 0.1) is 28.1 Å². The Morgan fingerprint density at radius 3 is 2.61 bits per heavy atom. The van der Waals surface area contributed by atoms with Gasteiger partial charge in [-0.25, -0.2) is 4.98 Å². The predicted octanol–water partition coefficient (Wildman–Crippen LogP) is 6.28. The minimum Gasteiger partial charge on any atom is -0.496 e. The summed E-state index contributed by atoms with van der Waals surface area (Å²) >= 11 is 2.75. The fourth-order valence-electron chi connectivity index (χ4n) is 3.53. The number of hydrogen-bond donors (Lipinski definition) is 2. The van der Waals surface area contributed by atoms with E-state index < -0.39 is 0 Å². The number of amides is 1. The molecule has 4 rings (SSSR count). The largest absolute Gasteiger partial charge is 0.496 e. The highest BCUT2D eigenvalue weighted by Crippen LogP contribution is 2.33. The molecule has 0 saturated heterocycles. The van der Waals surface area contributed by atoms with Crippen molar-refractivity contribution in [3.05, 3.63) is 93.5 Å². The number of carbonyl (C=O) groups excluding carboxylic acids is 1. The van der Waals surface area contributed by atoms with Gasteiger partial charge in [-0.3, -0.25) is 4.79 Å². The van der Waals surface area contributed by atoms with Gasteiger partial charge in [0.2, 0.25) is 5.91 Å². The third-order valence-corrected chi connectivity index (χ3v) is 7.68. The van der Waals surface area contributed by atoms with Crippen LogP contribution in [0, 0.1) is 25.2 Å². The first-order valence-corrected chi connectivity index (χ1v) is 13.1. The molecule has 2 N–H and O–H groups in total. The quantitative estimate of drug-likeness (QED) is 0.256. The molecule has 0 spiro atoms. The molecule has 0 bridgehead atoms. The Bertz CT molecular complexity index is 1440. The zero-order chi connectivity index (χ0) is 25.5. The molecule has 0 fully saturated rings. The van der Waals surface area contributed by atoms with Crippen molar-refractivity contribution in [1.29, 1.82) is 5.26 Å². The molecule has 4 aromatic rings. The van der Waals surface area contributed by atoms with E-state index in [0.29, 0.717) is 22.2 Å². The van der Waals surface area contributed by atoms with Crippen molar-refractivity contribution in [3.63, 3.8) is 0 Å². The summed E-state index contributed by atoms with van der Waals surface area (Å²) < 4.78 is 6.37. The monoisotopic (exact) mass is 514 g/mol. The highest BCUT2D eigenvalue weighted by Gasteiger charge is 2.17. The summed E-state index contributed by atoms with van der Waals surface area (Å²) in [6.45, 7) is 4.45. The van der Waals surface area contributed by atoms with Gasteiger partial charge in [0, 0.05) is 17.8 Å². The average molecular weight is 515 g/mol. The van der Waals surface area contributed by atoms with Crippen molar-refractivity contribution in [2.24, 2.45) is 0 Å². The third kappa shape index (κ3) is 6.06. The lowest BCUT2D eigenvalue weighted by atomic mass is 10.1. The zero-order valence-corrected chi connectivity index (χ0v) is 21.9. The van der Waals surface area contributed by atoms with Crippen molar-refractivity contribution in [2.75, 3.05) is 18.2 Å². The van der Waals surface area contributed by atoms with Gasteiger partial charge in [-0.2, -0.15) is 5.26 Å². The van der Waals surface area contributed by atoms with Gasteiger partial charge in [0.1, 0.15) is 22.4 Å². The normalized spacial score (nSPS) is 11.5. The summed E-state index contributed by atoms with van der Waals surface area (Å²) in [5.41, 5.74) is 5.32. The van der Waals surface area contributed by atoms with Gasteiger partial charge in [0.15, 0.2) is 0 Å². The number of thiazole rings is 1. The maximum Gasteiger partial charge on any atom is 0.230 e. The number of rotatable bonds is 9. The second-order valence-corrected chi connectivity index (χ2v) is 10.1. The van der Waals surface area contributed by atoms with E-state index in [4.69, 9.17) is 4.74 Å². The fourth-order valence-corrected chi connectivity index (χ4v) is 5.41. The molecule has 0 saturated carbocycles. The number of methoxy groups -OCH3 is 1. The van der Waals surface area contributed by atoms with E-state index >= 15 is 0 Å². The number of nitrogens with one attached hydrogen (secondary N) is 2. The first kappa shape index (κ1) is 25.3. The van der Waals surface area contributed by atoms with Crippen LogP contribution < -0.4 is 15.4 Å². The number of nitriles is 1. The summed E-state index contributed by atoms with van der Waals surface area (Å²) in [5.74, 6) is 0.718. The second-order valence-electron chi connectivity index (χ2n) is 8.10. The average Bonchev–Trinajstić information content (AvgIpc) is 3.32. The molecule has 0 aliphatic heterocycles. The molecule has 0 radical (unpaired) electrons. The van der Waals surface area contributed by atoms with Crippen LogP contribution in [0.3, 0.4) is 0 Å². The smallest absolute Gasteiger partial charge is 0.230 e. The molecule has 36 heavy (non-hydrogen) atoms. The van der Waals surface area contributed by atoms with Gasteiger partial charge in [-0.15, -0.1) is 11.3 Å². The lowest BCUT2D eigenvalue weighted by Crippen LogP contribution is -2.25. The molecule has 1 amide bonds. The van der Waals surface area contributed by atoms with Gasteiger partial charge in [-0.1, -0.05) is 48.2 Å². The van der Waals surface area contributed by atoms with Crippen LogP contribution >= 0.6 is 23.1 Å². The van der Waals surface area contributed by atoms with Crippen LogP contribution in [0.2, 0.25) is 0 Å². The van der Waals surface area contributed by atoms with E-state index in [1.807, 2.05) is 73.7 Å². The molecule has 182 valence electrons. The van der Waals surface area contributed by atoms with Crippen LogP contribution in [0.5, 0.6) is 5.75 Å². The standard InChI is InChI=1S/C28H26N4O2S2/c1-18-12-13-21(14-19(18)2)31-27(22(15-29)28-32-23-9-5-7-11-25(23)36-28)35-17-26(33)30-16-20-8-4-6-10-24(20)34-3/h4-14,31H,16-17H2,1-3H3,(H,30,33)/b27-22+. The number of aryl methyl sites for hydroxylation is 2. The summed E-state index contributed by atoms with van der Waals surface area (Å²) in [6.07, 6.45) is 0. The molecule has 0 atom stereocenters. The molecule has 8 heteroatoms. The molecule has 0 aliphatic carbocycles. The Labute approximate surface area is 219 Å². The van der Waals surface area contributed by atoms with E-state index in [1.54, 1.807) is 7.11 Å². The SMILES string of the molecule is COc1ccccc1CNC(=O)CS/C(Nc1ccc(C)c(C)c1)=C(\C#N)c1nc2ccccc2s1. The van der Waals surface area contributed by atoms with E-state index in [9.17, 15) is 10.1 Å². The maximum absolute atomic E-state index is 12.7. The van der Waals surface area contributed by atoms with Crippen LogP contribution in [0.1, 0.15) is 21.7 Å². The van der Waals surface area contributed by atoms with E-state index in [-0.39, 0.29) is 11.7 Å². The number of benzene rings is 3. The predicted molar refractivity (Wildman–Crippen MR) is 149 cm³/mol. The third-order valence-electron chi connectivity index (χ3n) is 5.63. The Morgan fingerprint density at radius 2 is 1.86 bits per heavy atom. The Balaban J connectivity index is 1.58. The van der Waals surface area contributed by atoms with Gasteiger partial charge in [-0.05, 0) is 55.3 Å². The summed E-state index contributed by atoms with van der Waals surface area (Å²) in [4.78, 5) is 17.4. The van der Waals surface area contributed by atoms with E-state index in [1.165, 1.54) is 28.7 Å². The zero-order valence-electron chi connectivity index (χ0n) is 20.3. The molecule has 1 heterocycles. The molecule has 3 aromatic carbocycles. The molecular formula is C28H26N4O2S2. The van der Waals surface area contributed by atoms with E-state index in [2.05, 4.69) is 28.6 Å². The van der Waals surface area contributed by atoms with Crippen LogP contribution in [-0.2, 0) is 11.3 Å². The lowest BCUT2D eigenvalue weighted by Gasteiger charge is -2.14. The second kappa shape index (κ2) is 11.8. The summed E-state index contributed by atoms with van der Waals surface area (Å²) in [7, 11) is 1.61. The van der Waals surface area contributed by atoms with Gasteiger partial charge in [0.25, 0.3) is 0 Å². The summed E-state index contributed by atoms with van der Waals surface area (Å²) in [5, 5.41) is 17.6. The summed E-state index contributed by atoms with van der Waals surface area (Å²) in [6, 6.07) is 23.7. The minimum absolute atomic E-state index is 0.137. The highest BCUT2D eigenvalue weighted by atomic mass is 32.2. The van der Waals surface area contributed by atoms with Crippen LogP contribution in [0.25, 0.3) is 15.8 Å². The number of aromatic nitrogens is 1. The molecule has 0 unspecified atom stereocenters. The molecular weight excluding hydrogens is 488 g/mol. The van der Waals surface area contributed by atoms with Crippen molar-refractivity contribution >= 4 is 50.5 Å². The minimum atomic E-state index is -0.146. The number of carbonyl (C=O) groups is 1. The molecule has 1 aromatic heterocycles. The Kier molecular flexibility index (Phi) is 8.26.